The predicted molar refractivity (Wildman–Crippen MR) is 130 cm³/mol. The van der Waals surface area contributed by atoms with E-state index in [1.54, 1.807) is 36.3 Å². The fraction of sp³-hybridized carbons (Fsp3) is 0.360. The van der Waals surface area contributed by atoms with Crippen LogP contribution in [0.15, 0.2) is 42.5 Å². The highest BCUT2D eigenvalue weighted by Gasteiger charge is 2.36. The van der Waals surface area contributed by atoms with Crippen molar-refractivity contribution in [2.75, 3.05) is 13.2 Å². The van der Waals surface area contributed by atoms with Crippen molar-refractivity contribution >= 4 is 23.5 Å². The number of aliphatic carboxylic acids is 1. The first-order valence-corrected chi connectivity index (χ1v) is 12.0. The van der Waals surface area contributed by atoms with Crippen LogP contribution in [-0.4, -0.2) is 51.4 Å². The molecule has 3 rings (SSSR count). The monoisotopic (exact) mass is 556 g/mol. The number of nitrogens with one attached hydrogen (secondary N) is 2. The van der Waals surface area contributed by atoms with E-state index in [4.69, 9.17) is 16.3 Å². The second-order valence-electron chi connectivity index (χ2n) is 8.46. The van der Waals surface area contributed by atoms with Gasteiger partial charge in [-0.05, 0) is 55.5 Å². The number of carbonyl (C=O) groups excluding carboxylic acids is 1. The van der Waals surface area contributed by atoms with Crippen LogP contribution in [0, 0.1) is 11.7 Å². The predicted octanol–water partition coefficient (Wildman–Crippen LogP) is 5.14. The van der Waals surface area contributed by atoms with Gasteiger partial charge in [-0.2, -0.15) is 18.2 Å². The molecule has 0 saturated heterocycles. The van der Waals surface area contributed by atoms with Crippen molar-refractivity contribution in [1.82, 2.24) is 20.5 Å². The smallest absolute Gasteiger partial charge is 0.451 e. The Kier molecular flexibility index (Phi) is 9.81. The summed E-state index contributed by atoms with van der Waals surface area (Å²) in [6.07, 6.45) is -4.54. The Morgan fingerprint density at radius 1 is 1.18 bits per heavy atom. The molecule has 2 aromatic carbocycles. The molecular formula is C25H25ClF4N4O4. The Balaban J connectivity index is 1.81. The van der Waals surface area contributed by atoms with Crippen LogP contribution in [0.5, 0.6) is 0 Å². The van der Waals surface area contributed by atoms with Gasteiger partial charge in [0, 0.05) is 29.8 Å². The van der Waals surface area contributed by atoms with Gasteiger partial charge >= 0.3 is 12.1 Å². The van der Waals surface area contributed by atoms with Crippen molar-refractivity contribution in [3.63, 3.8) is 0 Å². The second kappa shape index (κ2) is 12.8. The zero-order valence-electron chi connectivity index (χ0n) is 20.2. The van der Waals surface area contributed by atoms with Crippen LogP contribution in [-0.2, 0) is 22.1 Å². The second-order valence-corrected chi connectivity index (χ2v) is 8.89. The van der Waals surface area contributed by atoms with E-state index in [0.717, 1.165) is 0 Å². The lowest BCUT2D eigenvalue weighted by molar-refractivity contribution is -0.145. The molecule has 0 fully saturated rings. The zero-order chi connectivity index (χ0) is 27.9. The number of halogens is 5. The third-order valence-electron chi connectivity index (χ3n) is 5.70. The number of carboxylic acids is 1. The highest BCUT2D eigenvalue weighted by Crippen LogP contribution is 2.27. The van der Waals surface area contributed by atoms with Crippen LogP contribution in [0.1, 0.15) is 41.8 Å². The molecule has 1 heterocycles. The summed E-state index contributed by atoms with van der Waals surface area (Å²) in [4.78, 5) is 27.7. The normalized spacial score (nSPS) is 13.2. The molecule has 0 aliphatic rings. The molecule has 3 aromatic rings. The molecule has 13 heteroatoms. The van der Waals surface area contributed by atoms with E-state index >= 15 is 0 Å². The van der Waals surface area contributed by atoms with Crippen LogP contribution >= 0.6 is 11.6 Å². The highest BCUT2D eigenvalue weighted by molar-refractivity contribution is 6.30. The first-order chi connectivity index (χ1) is 18.0. The van der Waals surface area contributed by atoms with Gasteiger partial charge in [0.2, 0.25) is 11.6 Å². The summed E-state index contributed by atoms with van der Waals surface area (Å²) in [5, 5.41) is 17.6. The Morgan fingerprint density at radius 2 is 1.89 bits per heavy atom. The summed E-state index contributed by atoms with van der Waals surface area (Å²) in [5.74, 6) is -5.61. The van der Waals surface area contributed by atoms with E-state index in [1.807, 2.05) is 0 Å². The third kappa shape index (κ3) is 7.99. The minimum absolute atomic E-state index is 0.0324. The molecule has 0 radical (unpaired) electrons. The number of rotatable bonds is 12. The van der Waals surface area contributed by atoms with Crippen molar-refractivity contribution in [3.8, 4) is 11.1 Å². The van der Waals surface area contributed by atoms with Crippen molar-refractivity contribution < 1.29 is 37.0 Å². The Labute approximate surface area is 220 Å². The van der Waals surface area contributed by atoms with Gasteiger partial charge in [0.25, 0.3) is 5.91 Å². The molecule has 204 valence electrons. The standard InChI is InChI=1S/C25H25ClF4N4O4/c1-2-38-10-9-16(23(36)37)12-18(31-22(35)21-32-24(34-33-21)25(28,29)30)11-14-3-5-15(6-4-14)19-13-17(26)7-8-20(19)27/h3-8,13,16,18H,2,9-12H2,1H3,(H,31,35)(H,36,37)(H,32,33,34)/t16-,18-/m1/s1. The van der Waals surface area contributed by atoms with E-state index in [9.17, 15) is 32.3 Å². The highest BCUT2D eigenvalue weighted by atomic mass is 35.5. The van der Waals surface area contributed by atoms with Crippen molar-refractivity contribution in [2.45, 2.75) is 38.4 Å². The summed E-state index contributed by atoms with van der Waals surface area (Å²) >= 11 is 5.97. The molecular weight excluding hydrogens is 532 g/mol. The van der Waals surface area contributed by atoms with E-state index in [-0.39, 0.29) is 25.9 Å². The molecule has 0 aliphatic heterocycles. The lowest BCUT2D eigenvalue weighted by Crippen LogP contribution is -2.39. The first kappa shape index (κ1) is 29.1. The van der Waals surface area contributed by atoms with Gasteiger partial charge in [-0.15, -0.1) is 5.10 Å². The average Bonchev–Trinajstić information content (AvgIpc) is 3.37. The number of hydrogen-bond donors (Lipinski definition) is 3. The number of carbonyl (C=O) groups is 2. The van der Waals surface area contributed by atoms with E-state index < -0.39 is 47.5 Å². The molecule has 3 N–H and O–H groups in total. The maximum Gasteiger partial charge on any atom is 0.451 e. The number of aromatic nitrogens is 3. The minimum Gasteiger partial charge on any atom is -0.481 e. The maximum atomic E-state index is 14.2. The summed E-state index contributed by atoms with van der Waals surface area (Å²) in [6.45, 7) is 2.35. The molecule has 0 bridgehead atoms. The Bertz CT molecular complexity index is 1250. The van der Waals surface area contributed by atoms with Crippen molar-refractivity contribution in [1.29, 1.82) is 0 Å². The topological polar surface area (TPSA) is 117 Å². The Morgan fingerprint density at radius 3 is 2.50 bits per heavy atom. The fourth-order valence-corrected chi connectivity index (χ4v) is 3.98. The fourth-order valence-electron chi connectivity index (χ4n) is 3.81. The van der Waals surface area contributed by atoms with E-state index in [0.29, 0.717) is 28.3 Å². The van der Waals surface area contributed by atoms with Gasteiger partial charge in [-0.1, -0.05) is 35.9 Å². The van der Waals surface area contributed by atoms with Gasteiger partial charge in [-0.25, -0.2) is 4.39 Å². The van der Waals surface area contributed by atoms with Gasteiger partial charge < -0.3 is 15.2 Å². The van der Waals surface area contributed by atoms with Gasteiger partial charge in [-0.3, -0.25) is 14.7 Å². The lowest BCUT2D eigenvalue weighted by Gasteiger charge is -2.22. The number of nitrogens with zero attached hydrogens (tertiary/aromatic N) is 2. The van der Waals surface area contributed by atoms with E-state index in [2.05, 4.69) is 15.4 Å². The maximum absolute atomic E-state index is 14.2. The van der Waals surface area contributed by atoms with Gasteiger partial charge in [0.05, 0.1) is 5.92 Å². The molecule has 0 unspecified atom stereocenters. The van der Waals surface area contributed by atoms with Crippen LogP contribution in [0.2, 0.25) is 5.02 Å². The number of carboxylic acid groups (broad SMARTS) is 1. The van der Waals surface area contributed by atoms with Crippen molar-refractivity contribution in [3.05, 3.63) is 70.5 Å². The Hall–Kier alpha value is -3.51. The SMILES string of the molecule is CCOCC[C@H](C[C@@H](Cc1ccc(-c2cc(Cl)ccc2F)cc1)NC(=O)c1n[nH]c(C(F)(F)F)n1)C(=O)O. The number of aromatic amines is 1. The lowest BCUT2D eigenvalue weighted by atomic mass is 9.92. The first-order valence-electron chi connectivity index (χ1n) is 11.6. The molecule has 1 amide bonds. The average molecular weight is 557 g/mol. The number of benzene rings is 2. The van der Waals surface area contributed by atoms with Gasteiger partial charge in [0.1, 0.15) is 5.82 Å². The number of ether oxygens (including phenoxy) is 1. The zero-order valence-corrected chi connectivity index (χ0v) is 20.9. The number of alkyl halides is 3. The molecule has 0 aliphatic carbocycles. The van der Waals surface area contributed by atoms with Crippen LogP contribution < -0.4 is 5.32 Å². The summed E-state index contributed by atoms with van der Waals surface area (Å²) < 4.78 is 58.0. The number of H-pyrrole nitrogens is 1. The molecule has 0 spiro atoms. The molecule has 38 heavy (non-hydrogen) atoms. The van der Waals surface area contributed by atoms with Crippen LogP contribution in [0.3, 0.4) is 0 Å². The third-order valence-corrected chi connectivity index (χ3v) is 5.94. The summed E-state index contributed by atoms with van der Waals surface area (Å²) in [7, 11) is 0. The summed E-state index contributed by atoms with van der Waals surface area (Å²) in [5.41, 5.74) is 1.51. The van der Waals surface area contributed by atoms with Crippen LogP contribution in [0.4, 0.5) is 17.6 Å². The quantitative estimate of drug-likeness (QED) is 0.210. The van der Waals surface area contributed by atoms with Gasteiger partial charge in [0.15, 0.2) is 0 Å². The molecule has 2 atom stereocenters. The van der Waals surface area contributed by atoms with Crippen molar-refractivity contribution in [2.24, 2.45) is 5.92 Å². The largest absolute Gasteiger partial charge is 0.481 e. The molecule has 8 nitrogen and oxygen atoms in total. The van der Waals surface area contributed by atoms with Crippen LogP contribution in [0.25, 0.3) is 11.1 Å². The minimum atomic E-state index is -4.82. The number of amides is 1. The molecule has 1 aromatic heterocycles. The van der Waals surface area contributed by atoms with E-state index in [1.165, 1.54) is 18.2 Å². The molecule has 0 saturated carbocycles. The summed E-state index contributed by atoms with van der Waals surface area (Å²) in [6, 6.07) is 10.0. The number of hydrogen-bond acceptors (Lipinski definition) is 5.